The Hall–Kier alpha value is -3.66. The van der Waals surface area contributed by atoms with E-state index >= 15 is 0 Å². The average molecular weight is 819 g/mol. The Morgan fingerprint density at radius 1 is 0.942 bits per heavy atom. The number of unbranched alkanes of at least 4 members (excludes halogenated alkanes) is 1. The molecule has 0 spiro atoms. The second-order valence-electron chi connectivity index (χ2n) is 12.7. The van der Waals surface area contributed by atoms with Gasteiger partial charge in [0.05, 0.1) is 0 Å². The maximum atomic E-state index is 12.6. The van der Waals surface area contributed by atoms with Gasteiger partial charge in [-0.1, -0.05) is 6.07 Å². The van der Waals surface area contributed by atoms with Crippen LogP contribution in [-0.2, 0) is 4.79 Å². The number of carboxylic acids is 1. The monoisotopic (exact) mass is 819 g/mol. The Bertz CT molecular complexity index is 2040. The molecular formula is C42H47N2O4S3Se+. The summed E-state index contributed by atoms with van der Waals surface area (Å²) in [7, 11) is 0. The molecule has 52 heavy (non-hydrogen) atoms. The number of nitrogens with one attached hydrogen (secondary N) is 1. The molecule has 0 unspecified atom stereocenters. The molecule has 0 fully saturated rings. The van der Waals surface area contributed by atoms with Crippen molar-refractivity contribution < 1.29 is 24.0 Å². The van der Waals surface area contributed by atoms with E-state index in [4.69, 9.17) is 17.4 Å². The SMILES string of the molecule is C=C(/C=C/c1cc(/C=C/C(C)=[N+](CCCCC(=O)O)c2ccc(C)cc2S)c2ccc(OC(=O)NC(CS)CS)cc2c1)[Se]c1cc(C)ccc1C. The number of carboxylic acid groups (broad SMARTS) is 1. The summed E-state index contributed by atoms with van der Waals surface area (Å²) in [5, 5.41) is 13.9. The zero-order valence-electron chi connectivity index (χ0n) is 30.1. The van der Waals surface area contributed by atoms with Crippen LogP contribution in [0.4, 0.5) is 10.5 Å². The van der Waals surface area contributed by atoms with Crippen LogP contribution in [-0.4, -0.2) is 66.5 Å². The van der Waals surface area contributed by atoms with Gasteiger partial charge in [0.2, 0.25) is 0 Å². The van der Waals surface area contributed by atoms with E-state index in [0.29, 0.717) is 36.6 Å². The molecule has 4 aromatic rings. The van der Waals surface area contributed by atoms with Crippen molar-refractivity contribution in [2.75, 3.05) is 18.1 Å². The van der Waals surface area contributed by atoms with Gasteiger partial charge in [-0.3, -0.25) is 4.79 Å². The number of aryl methyl sites for hydroxylation is 3. The predicted octanol–water partition coefficient (Wildman–Crippen LogP) is 9.00. The maximum absolute atomic E-state index is 12.6. The van der Waals surface area contributed by atoms with E-state index in [9.17, 15) is 14.7 Å². The molecule has 0 saturated heterocycles. The van der Waals surface area contributed by atoms with Crippen LogP contribution >= 0.6 is 37.9 Å². The van der Waals surface area contributed by atoms with Gasteiger partial charge in [-0.25, -0.2) is 0 Å². The van der Waals surface area contributed by atoms with Crippen molar-refractivity contribution in [2.24, 2.45) is 0 Å². The Morgan fingerprint density at radius 3 is 2.38 bits per heavy atom. The average Bonchev–Trinajstić information content (AvgIpc) is 3.10. The molecular weight excluding hydrogens is 772 g/mol. The summed E-state index contributed by atoms with van der Waals surface area (Å²) in [6.07, 6.45) is 9.23. The number of hydrogen-bond acceptors (Lipinski definition) is 6. The minimum atomic E-state index is -0.790. The molecule has 2 N–H and O–H groups in total. The van der Waals surface area contributed by atoms with Gasteiger partial charge in [0, 0.05) is 17.9 Å². The second kappa shape index (κ2) is 20.0. The summed E-state index contributed by atoms with van der Waals surface area (Å²) < 4.78 is 10.2. The van der Waals surface area contributed by atoms with Gasteiger partial charge >= 0.3 is 236 Å². The second-order valence-corrected chi connectivity index (χ2v) is 16.4. The first-order chi connectivity index (χ1) is 24.9. The van der Waals surface area contributed by atoms with E-state index in [1.807, 2.05) is 25.1 Å². The first kappa shape index (κ1) is 41.1. The topological polar surface area (TPSA) is 78.6 Å². The van der Waals surface area contributed by atoms with Crippen molar-refractivity contribution in [2.45, 2.75) is 57.9 Å². The van der Waals surface area contributed by atoms with Crippen molar-refractivity contribution in [1.29, 1.82) is 0 Å². The first-order valence-electron chi connectivity index (χ1n) is 17.1. The van der Waals surface area contributed by atoms with Crippen LogP contribution in [0.5, 0.6) is 5.75 Å². The van der Waals surface area contributed by atoms with Gasteiger partial charge in [-0.15, -0.1) is 12.6 Å². The van der Waals surface area contributed by atoms with Crippen LogP contribution < -0.4 is 14.5 Å². The van der Waals surface area contributed by atoms with Crippen molar-refractivity contribution in [3.63, 3.8) is 0 Å². The molecule has 4 aromatic carbocycles. The molecule has 0 aliphatic heterocycles. The molecule has 6 nitrogen and oxygen atoms in total. The molecule has 0 saturated carbocycles. The number of hydrogen-bond donors (Lipinski definition) is 5. The number of carbonyl (C=O) groups excluding carboxylic acids is 1. The van der Waals surface area contributed by atoms with Crippen LogP contribution in [0.1, 0.15) is 54.0 Å². The fraction of sp³-hybridized carbons (Fsp3) is 0.262. The fourth-order valence-electron chi connectivity index (χ4n) is 5.53. The summed E-state index contributed by atoms with van der Waals surface area (Å²) in [5.41, 5.74) is 7.56. The molecule has 1 amide bonds. The number of fused-ring (bicyclic) bond motifs is 1. The molecule has 10 heteroatoms. The van der Waals surface area contributed by atoms with E-state index in [1.54, 1.807) is 6.07 Å². The molecule has 0 aliphatic carbocycles. The third-order valence-electron chi connectivity index (χ3n) is 8.37. The Balaban J connectivity index is 1.73. The van der Waals surface area contributed by atoms with Gasteiger partial charge in [0.15, 0.2) is 0 Å². The Morgan fingerprint density at radius 2 is 1.67 bits per heavy atom. The van der Waals surface area contributed by atoms with Crippen LogP contribution in [0.15, 0.2) is 94.8 Å². The van der Waals surface area contributed by atoms with Crippen molar-refractivity contribution in [1.82, 2.24) is 5.32 Å². The molecule has 0 aromatic heterocycles. The zero-order valence-corrected chi connectivity index (χ0v) is 34.5. The Labute approximate surface area is 330 Å². The van der Waals surface area contributed by atoms with Crippen LogP contribution in [0, 0.1) is 20.8 Å². The summed E-state index contributed by atoms with van der Waals surface area (Å²) in [5.74, 6) is 0.541. The molecule has 0 radical (unpaired) electrons. The summed E-state index contributed by atoms with van der Waals surface area (Å²) in [6, 6.07) is 22.3. The van der Waals surface area contributed by atoms with Crippen LogP contribution in [0.25, 0.3) is 22.9 Å². The van der Waals surface area contributed by atoms with Gasteiger partial charge in [0.25, 0.3) is 0 Å². The molecule has 0 bridgehead atoms. The standard InChI is InChI=1S/C42H46N2O4S3Se/c1-27-10-18-38(39(51)20-27)44(19-7-6-8-41(45)46)30(4)12-15-33-22-32(14-13-31(5)52-40-21-28(2)9-11-29(40)3)23-34-24-36(16-17-37(33)34)48-42(47)43-35(25-49)26-50/h9-18,20-24,35H,5-8,19,25-26H2,1-4H3,(H4-,43,45,46,47,49,50,51)/p+1/b14-13+,15-12+,44-30?. The van der Waals surface area contributed by atoms with E-state index in [0.717, 1.165) is 48.2 Å². The van der Waals surface area contributed by atoms with Crippen molar-refractivity contribution in [3.05, 3.63) is 118 Å². The molecule has 0 heterocycles. The van der Waals surface area contributed by atoms with Crippen molar-refractivity contribution >= 4 is 104 Å². The molecule has 272 valence electrons. The van der Waals surface area contributed by atoms with Gasteiger partial charge in [-0.2, -0.15) is 25.3 Å². The third kappa shape index (κ3) is 12.2. The summed E-state index contributed by atoms with van der Waals surface area (Å²) >= 11 is 13.4. The molecule has 0 atom stereocenters. The Kier molecular flexibility index (Phi) is 15.8. The van der Waals surface area contributed by atoms with Crippen LogP contribution in [0.3, 0.4) is 0 Å². The number of ether oxygens (including phenoxy) is 1. The van der Waals surface area contributed by atoms with Crippen LogP contribution in [0.2, 0.25) is 0 Å². The van der Waals surface area contributed by atoms with Gasteiger partial charge < -0.3 is 5.11 Å². The number of amides is 1. The van der Waals surface area contributed by atoms with E-state index in [1.165, 1.54) is 15.6 Å². The fourth-order valence-corrected chi connectivity index (χ4v) is 8.44. The molecule has 4 rings (SSSR count). The first-order valence-corrected chi connectivity index (χ1v) is 20.5. The predicted molar refractivity (Wildman–Crippen MR) is 228 cm³/mol. The zero-order chi connectivity index (χ0) is 37.8. The van der Waals surface area contributed by atoms with E-state index < -0.39 is 12.1 Å². The summed E-state index contributed by atoms with van der Waals surface area (Å²) in [6.45, 7) is 13.4. The third-order valence-corrected chi connectivity index (χ3v) is 11.8. The number of allylic oxidation sites excluding steroid dienone is 3. The summed E-state index contributed by atoms with van der Waals surface area (Å²) in [4.78, 5) is 24.7. The number of carbonyl (C=O) groups is 2. The van der Waals surface area contributed by atoms with Gasteiger partial charge in [-0.05, 0) is 25.0 Å². The minimum absolute atomic E-state index is 0.0836. The number of nitrogens with zero attached hydrogens (tertiary/aromatic N) is 1. The number of thiol groups is 3. The van der Waals surface area contributed by atoms with Crippen molar-refractivity contribution in [3.8, 4) is 5.75 Å². The molecule has 0 aliphatic rings. The normalized spacial score (nSPS) is 12.2. The number of rotatable bonds is 16. The van der Waals surface area contributed by atoms with E-state index in [-0.39, 0.29) is 27.4 Å². The van der Waals surface area contributed by atoms with Gasteiger partial charge in [0.1, 0.15) is 0 Å². The number of aliphatic carboxylic acids is 1. The number of benzene rings is 4. The van der Waals surface area contributed by atoms with E-state index in [2.05, 4.69) is 129 Å². The quantitative estimate of drug-likeness (QED) is 0.0196.